The molecule has 0 aromatic heterocycles. The summed E-state index contributed by atoms with van der Waals surface area (Å²) < 4.78 is 0. The summed E-state index contributed by atoms with van der Waals surface area (Å²) in [5.74, 6) is 1.46. The van der Waals surface area contributed by atoms with Gasteiger partial charge in [0.25, 0.3) is 0 Å². The third-order valence-corrected chi connectivity index (χ3v) is 2.64. The number of nitrogens with two attached hydrogens (primary N) is 2. The van der Waals surface area contributed by atoms with Gasteiger partial charge >= 0.3 is 0 Å². The van der Waals surface area contributed by atoms with Crippen LogP contribution in [0.15, 0.2) is 0 Å². The summed E-state index contributed by atoms with van der Waals surface area (Å²) in [6, 6.07) is 0.324. The van der Waals surface area contributed by atoms with Crippen molar-refractivity contribution in [1.29, 1.82) is 0 Å². The van der Waals surface area contributed by atoms with Gasteiger partial charge in [-0.3, -0.25) is 0 Å². The van der Waals surface area contributed by atoms with Gasteiger partial charge in [0.2, 0.25) is 0 Å². The lowest BCUT2D eigenvalue weighted by Gasteiger charge is -2.21. The highest BCUT2D eigenvalue weighted by Gasteiger charge is 2.13. The van der Waals surface area contributed by atoms with Gasteiger partial charge in [-0.15, -0.1) is 0 Å². The summed E-state index contributed by atoms with van der Waals surface area (Å²) in [7, 11) is 0. The SMILES string of the molecule is CC(C)CCC(CCCN)C(C)N. The van der Waals surface area contributed by atoms with Crippen LogP contribution in [0.25, 0.3) is 0 Å². The lowest BCUT2D eigenvalue weighted by molar-refractivity contribution is 0.348. The molecule has 2 atom stereocenters. The molecule has 0 aromatic rings. The fourth-order valence-electron chi connectivity index (χ4n) is 1.60. The van der Waals surface area contributed by atoms with E-state index in [4.69, 9.17) is 11.5 Å². The van der Waals surface area contributed by atoms with E-state index in [-0.39, 0.29) is 0 Å². The second kappa shape index (κ2) is 7.34. The molecule has 4 N–H and O–H groups in total. The van der Waals surface area contributed by atoms with Crippen molar-refractivity contribution < 1.29 is 0 Å². The maximum absolute atomic E-state index is 5.92. The van der Waals surface area contributed by atoms with Crippen LogP contribution < -0.4 is 11.5 Å². The first-order chi connectivity index (χ1) is 6.07. The van der Waals surface area contributed by atoms with Gasteiger partial charge in [0.05, 0.1) is 0 Å². The minimum Gasteiger partial charge on any atom is -0.330 e. The van der Waals surface area contributed by atoms with Crippen molar-refractivity contribution in [2.24, 2.45) is 23.3 Å². The molecule has 13 heavy (non-hydrogen) atoms. The van der Waals surface area contributed by atoms with E-state index in [1.807, 2.05) is 0 Å². The Labute approximate surface area is 83.1 Å². The van der Waals surface area contributed by atoms with Crippen LogP contribution in [-0.4, -0.2) is 12.6 Å². The zero-order valence-corrected chi connectivity index (χ0v) is 9.42. The van der Waals surface area contributed by atoms with Crippen molar-refractivity contribution in [3.8, 4) is 0 Å². The number of hydrogen-bond donors (Lipinski definition) is 2. The molecular formula is C11H26N2. The topological polar surface area (TPSA) is 52.0 Å². The maximum atomic E-state index is 5.92. The Hall–Kier alpha value is -0.0800. The van der Waals surface area contributed by atoms with E-state index in [0.717, 1.165) is 18.9 Å². The van der Waals surface area contributed by atoms with E-state index in [1.165, 1.54) is 19.3 Å². The molecule has 0 rings (SSSR count). The molecular weight excluding hydrogens is 160 g/mol. The summed E-state index contributed by atoms with van der Waals surface area (Å²) in [5, 5.41) is 0. The third-order valence-electron chi connectivity index (χ3n) is 2.64. The molecule has 80 valence electrons. The van der Waals surface area contributed by atoms with E-state index in [0.29, 0.717) is 12.0 Å². The fraction of sp³-hybridized carbons (Fsp3) is 1.00. The van der Waals surface area contributed by atoms with Gasteiger partial charge in [0.15, 0.2) is 0 Å². The lowest BCUT2D eigenvalue weighted by atomic mass is 9.89. The molecule has 0 aliphatic rings. The molecule has 0 saturated carbocycles. The Morgan fingerprint density at radius 2 is 1.62 bits per heavy atom. The zero-order chi connectivity index (χ0) is 10.3. The largest absolute Gasteiger partial charge is 0.330 e. The Balaban J connectivity index is 3.67. The Bertz CT molecular complexity index is 111. The quantitative estimate of drug-likeness (QED) is 0.640. The van der Waals surface area contributed by atoms with Crippen molar-refractivity contribution >= 4 is 0 Å². The molecule has 2 nitrogen and oxygen atoms in total. The molecule has 0 spiro atoms. The average Bonchev–Trinajstić information content (AvgIpc) is 2.03. The summed E-state index contributed by atoms with van der Waals surface area (Å²) in [6.07, 6.45) is 4.86. The first kappa shape index (κ1) is 12.9. The monoisotopic (exact) mass is 186 g/mol. The predicted molar refractivity (Wildman–Crippen MR) is 59.5 cm³/mol. The minimum atomic E-state index is 0.324. The highest BCUT2D eigenvalue weighted by Crippen LogP contribution is 2.19. The lowest BCUT2D eigenvalue weighted by Crippen LogP contribution is -2.27. The molecule has 0 bridgehead atoms. The molecule has 2 heteroatoms. The van der Waals surface area contributed by atoms with Crippen molar-refractivity contribution in [2.45, 2.75) is 52.5 Å². The normalized spacial score (nSPS) is 16.2. The summed E-state index contributed by atoms with van der Waals surface area (Å²) in [6.45, 7) is 7.44. The first-order valence-electron chi connectivity index (χ1n) is 5.53. The van der Waals surface area contributed by atoms with Crippen LogP contribution in [0.3, 0.4) is 0 Å². The van der Waals surface area contributed by atoms with Gasteiger partial charge in [-0.25, -0.2) is 0 Å². The third kappa shape index (κ3) is 7.03. The van der Waals surface area contributed by atoms with Gasteiger partial charge in [0, 0.05) is 6.04 Å². The fourth-order valence-corrected chi connectivity index (χ4v) is 1.60. The van der Waals surface area contributed by atoms with Crippen LogP contribution in [0.4, 0.5) is 0 Å². The van der Waals surface area contributed by atoms with Gasteiger partial charge in [-0.05, 0) is 44.6 Å². The van der Waals surface area contributed by atoms with E-state index < -0.39 is 0 Å². The molecule has 0 aromatic carbocycles. The van der Waals surface area contributed by atoms with Crippen molar-refractivity contribution in [1.82, 2.24) is 0 Å². The molecule has 0 aliphatic heterocycles. The number of hydrogen-bond acceptors (Lipinski definition) is 2. The molecule has 0 saturated heterocycles. The van der Waals surface area contributed by atoms with E-state index in [9.17, 15) is 0 Å². The maximum Gasteiger partial charge on any atom is 0.00387 e. The molecule has 0 radical (unpaired) electrons. The standard InChI is InChI=1S/C11H26N2/c1-9(2)6-7-11(10(3)13)5-4-8-12/h9-11H,4-8,12-13H2,1-3H3. The zero-order valence-electron chi connectivity index (χ0n) is 9.42. The highest BCUT2D eigenvalue weighted by atomic mass is 14.6. The van der Waals surface area contributed by atoms with Gasteiger partial charge in [0.1, 0.15) is 0 Å². The van der Waals surface area contributed by atoms with Crippen molar-refractivity contribution in [3.63, 3.8) is 0 Å². The van der Waals surface area contributed by atoms with E-state index in [2.05, 4.69) is 20.8 Å². The summed E-state index contributed by atoms with van der Waals surface area (Å²) >= 11 is 0. The van der Waals surface area contributed by atoms with Crippen LogP contribution in [-0.2, 0) is 0 Å². The molecule has 2 unspecified atom stereocenters. The Morgan fingerprint density at radius 1 is 1.00 bits per heavy atom. The van der Waals surface area contributed by atoms with Crippen molar-refractivity contribution in [3.05, 3.63) is 0 Å². The first-order valence-corrected chi connectivity index (χ1v) is 5.53. The van der Waals surface area contributed by atoms with Crippen LogP contribution in [0.2, 0.25) is 0 Å². The Morgan fingerprint density at radius 3 is 2.00 bits per heavy atom. The average molecular weight is 186 g/mol. The summed E-state index contributed by atoms with van der Waals surface area (Å²) in [5.41, 5.74) is 11.4. The van der Waals surface area contributed by atoms with Gasteiger partial charge in [-0.1, -0.05) is 20.3 Å². The summed E-state index contributed by atoms with van der Waals surface area (Å²) in [4.78, 5) is 0. The van der Waals surface area contributed by atoms with E-state index in [1.54, 1.807) is 0 Å². The van der Waals surface area contributed by atoms with Crippen molar-refractivity contribution in [2.75, 3.05) is 6.54 Å². The Kier molecular flexibility index (Phi) is 7.29. The second-order valence-electron chi connectivity index (χ2n) is 4.52. The van der Waals surface area contributed by atoms with Crippen LogP contribution in [0.1, 0.15) is 46.5 Å². The predicted octanol–water partition coefficient (Wildman–Crippen LogP) is 2.12. The van der Waals surface area contributed by atoms with E-state index >= 15 is 0 Å². The number of rotatable bonds is 7. The highest BCUT2D eigenvalue weighted by molar-refractivity contribution is 4.69. The van der Waals surface area contributed by atoms with Gasteiger partial charge < -0.3 is 11.5 Å². The van der Waals surface area contributed by atoms with Crippen LogP contribution >= 0.6 is 0 Å². The van der Waals surface area contributed by atoms with Crippen LogP contribution in [0, 0.1) is 11.8 Å². The minimum absolute atomic E-state index is 0.324. The molecule has 0 heterocycles. The molecule has 0 aliphatic carbocycles. The second-order valence-corrected chi connectivity index (χ2v) is 4.52. The molecule has 0 fully saturated rings. The molecule has 0 amide bonds. The van der Waals surface area contributed by atoms with Crippen LogP contribution in [0.5, 0.6) is 0 Å². The smallest absolute Gasteiger partial charge is 0.00387 e. The van der Waals surface area contributed by atoms with Gasteiger partial charge in [-0.2, -0.15) is 0 Å².